The van der Waals surface area contributed by atoms with E-state index in [0.717, 1.165) is 13.0 Å². The Kier molecular flexibility index (Phi) is 5.36. The van der Waals surface area contributed by atoms with Gasteiger partial charge >= 0.3 is 0 Å². The number of phenols is 1. The Morgan fingerprint density at radius 3 is 2.86 bits per heavy atom. The summed E-state index contributed by atoms with van der Waals surface area (Å²) in [5.74, 6) is 1.27. The molecule has 0 fully saturated rings. The van der Waals surface area contributed by atoms with Crippen LogP contribution in [-0.4, -0.2) is 34.7 Å². The molecule has 0 aliphatic carbocycles. The number of hydrogen-bond acceptors (Lipinski definition) is 5. The second-order valence-electron chi connectivity index (χ2n) is 4.70. The summed E-state index contributed by atoms with van der Waals surface area (Å²) in [6, 6.07) is 6.99. The van der Waals surface area contributed by atoms with Crippen LogP contribution in [0.4, 0.5) is 5.82 Å². The monoisotopic (exact) mass is 306 g/mol. The average molecular weight is 307 g/mol. The molecule has 2 rings (SSSR count). The lowest BCUT2D eigenvalue weighted by Gasteiger charge is -2.15. The number of rotatable bonds is 6. The highest BCUT2D eigenvalue weighted by Gasteiger charge is 2.09. The third kappa shape index (κ3) is 4.06. The molecule has 2 aromatic rings. The molecule has 1 aromatic carbocycles. The van der Waals surface area contributed by atoms with Gasteiger partial charge in [-0.3, -0.25) is 0 Å². The zero-order chi connectivity index (χ0) is 15.2. The molecule has 0 saturated heterocycles. The molecule has 1 atom stereocenters. The van der Waals surface area contributed by atoms with Crippen LogP contribution in [0.15, 0.2) is 30.5 Å². The molecule has 5 nitrogen and oxygen atoms in total. The molecule has 0 radical (unpaired) electrons. The van der Waals surface area contributed by atoms with Crippen molar-refractivity contribution in [1.29, 1.82) is 0 Å². The van der Waals surface area contributed by atoms with Gasteiger partial charge in [0.2, 0.25) is 0 Å². The Bertz CT molecular complexity index is 602. The topological polar surface area (TPSA) is 70.1 Å². The van der Waals surface area contributed by atoms with Gasteiger partial charge in [0.05, 0.1) is 5.56 Å². The zero-order valence-electron chi connectivity index (χ0n) is 12.1. The summed E-state index contributed by atoms with van der Waals surface area (Å²) in [6.07, 6.45) is 2.68. The van der Waals surface area contributed by atoms with Crippen molar-refractivity contribution >= 4 is 17.4 Å². The number of aromatic nitrogens is 2. The van der Waals surface area contributed by atoms with Gasteiger partial charge in [0.15, 0.2) is 5.82 Å². The molecule has 0 aliphatic rings. The second kappa shape index (κ2) is 7.24. The van der Waals surface area contributed by atoms with Crippen LogP contribution in [0, 0.1) is 0 Å². The minimum Gasteiger partial charge on any atom is -0.507 e. The van der Waals surface area contributed by atoms with Crippen molar-refractivity contribution in [1.82, 2.24) is 15.3 Å². The van der Waals surface area contributed by atoms with E-state index in [2.05, 4.69) is 27.5 Å². The summed E-state index contributed by atoms with van der Waals surface area (Å²) >= 11 is 5.96. The lowest BCUT2D eigenvalue weighted by atomic mass is 10.2. The first-order valence-electron chi connectivity index (χ1n) is 6.87. The summed E-state index contributed by atoms with van der Waals surface area (Å²) < 4.78 is 0. The van der Waals surface area contributed by atoms with E-state index >= 15 is 0 Å². The number of likely N-dealkylation sites (N-methyl/N-ethyl adjacent to an activating group) is 1. The molecule has 0 bridgehead atoms. The van der Waals surface area contributed by atoms with E-state index in [1.165, 1.54) is 6.07 Å². The summed E-state index contributed by atoms with van der Waals surface area (Å²) in [6.45, 7) is 2.89. The fraction of sp³-hybridized carbons (Fsp3) is 0.333. The molecule has 21 heavy (non-hydrogen) atoms. The quantitative estimate of drug-likeness (QED) is 0.765. The van der Waals surface area contributed by atoms with Crippen molar-refractivity contribution in [2.75, 3.05) is 18.9 Å². The molecule has 0 aliphatic heterocycles. The van der Waals surface area contributed by atoms with Crippen molar-refractivity contribution < 1.29 is 5.11 Å². The smallest absolute Gasteiger partial charge is 0.165 e. The number of nitrogens with one attached hydrogen (secondary N) is 2. The number of benzene rings is 1. The summed E-state index contributed by atoms with van der Waals surface area (Å²) in [5.41, 5.74) is 0.520. The number of halogens is 1. The van der Waals surface area contributed by atoms with Crippen LogP contribution in [0.3, 0.4) is 0 Å². The molecule has 6 heteroatoms. The fourth-order valence-corrected chi connectivity index (χ4v) is 2.12. The second-order valence-corrected chi connectivity index (χ2v) is 5.14. The predicted octanol–water partition coefficient (Wildman–Crippen LogP) is 2.91. The highest BCUT2D eigenvalue weighted by atomic mass is 35.5. The maximum Gasteiger partial charge on any atom is 0.165 e. The van der Waals surface area contributed by atoms with Gasteiger partial charge in [-0.15, -0.1) is 0 Å². The molecule has 0 spiro atoms. The first kappa shape index (κ1) is 15.5. The summed E-state index contributed by atoms with van der Waals surface area (Å²) in [4.78, 5) is 8.61. The summed E-state index contributed by atoms with van der Waals surface area (Å²) in [5, 5.41) is 16.9. The first-order valence-corrected chi connectivity index (χ1v) is 7.25. The SMILES string of the molecule is CCC(CNc1ccnc(-c2cc(Cl)ccc2O)n1)NC. The Hall–Kier alpha value is -1.85. The van der Waals surface area contributed by atoms with Crippen molar-refractivity contribution in [3.63, 3.8) is 0 Å². The van der Waals surface area contributed by atoms with Gasteiger partial charge < -0.3 is 15.7 Å². The van der Waals surface area contributed by atoms with Gasteiger partial charge in [0, 0.05) is 23.8 Å². The van der Waals surface area contributed by atoms with Crippen LogP contribution in [0.25, 0.3) is 11.4 Å². The van der Waals surface area contributed by atoms with Crippen molar-refractivity contribution in [3.05, 3.63) is 35.5 Å². The zero-order valence-corrected chi connectivity index (χ0v) is 12.9. The van der Waals surface area contributed by atoms with E-state index in [1.54, 1.807) is 24.4 Å². The largest absolute Gasteiger partial charge is 0.507 e. The molecule has 1 heterocycles. The van der Waals surface area contributed by atoms with Crippen LogP contribution in [0.5, 0.6) is 5.75 Å². The maximum absolute atomic E-state index is 9.90. The van der Waals surface area contributed by atoms with Gasteiger partial charge in [0.1, 0.15) is 11.6 Å². The van der Waals surface area contributed by atoms with Crippen LogP contribution in [0.1, 0.15) is 13.3 Å². The van der Waals surface area contributed by atoms with E-state index < -0.39 is 0 Å². The third-order valence-corrected chi connectivity index (χ3v) is 3.52. The molecular weight excluding hydrogens is 288 g/mol. The molecule has 112 valence electrons. The van der Waals surface area contributed by atoms with Crippen LogP contribution in [0.2, 0.25) is 5.02 Å². The molecule has 0 amide bonds. The van der Waals surface area contributed by atoms with Crippen molar-refractivity contribution in [2.24, 2.45) is 0 Å². The molecule has 3 N–H and O–H groups in total. The lowest BCUT2D eigenvalue weighted by Crippen LogP contribution is -2.32. The number of anilines is 1. The van der Waals surface area contributed by atoms with Gasteiger partial charge in [-0.2, -0.15) is 0 Å². The normalized spacial score (nSPS) is 12.1. The first-order chi connectivity index (χ1) is 10.1. The minimum absolute atomic E-state index is 0.109. The van der Waals surface area contributed by atoms with Gasteiger partial charge in [-0.05, 0) is 37.7 Å². The molecular formula is C15H19ClN4O. The molecule has 0 saturated carbocycles. The Morgan fingerprint density at radius 2 is 2.14 bits per heavy atom. The highest BCUT2D eigenvalue weighted by Crippen LogP contribution is 2.29. The van der Waals surface area contributed by atoms with Gasteiger partial charge in [0.25, 0.3) is 0 Å². The van der Waals surface area contributed by atoms with E-state index in [0.29, 0.717) is 28.3 Å². The van der Waals surface area contributed by atoms with E-state index in [1.807, 2.05) is 7.05 Å². The van der Waals surface area contributed by atoms with Gasteiger partial charge in [-0.1, -0.05) is 18.5 Å². The third-order valence-electron chi connectivity index (χ3n) is 3.29. The molecule has 1 unspecified atom stereocenters. The minimum atomic E-state index is 0.109. The van der Waals surface area contributed by atoms with Crippen molar-refractivity contribution in [3.8, 4) is 17.1 Å². The molecule has 1 aromatic heterocycles. The maximum atomic E-state index is 9.90. The van der Waals surface area contributed by atoms with Crippen LogP contribution in [-0.2, 0) is 0 Å². The van der Waals surface area contributed by atoms with E-state index in [-0.39, 0.29) is 5.75 Å². The predicted molar refractivity (Wildman–Crippen MR) is 85.8 cm³/mol. The Morgan fingerprint density at radius 1 is 1.33 bits per heavy atom. The summed E-state index contributed by atoms with van der Waals surface area (Å²) in [7, 11) is 1.94. The number of phenolic OH excluding ortho intramolecular Hbond substituents is 1. The number of hydrogen-bond donors (Lipinski definition) is 3. The lowest BCUT2D eigenvalue weighted by molar-refractivity contribution is 0.477. The number of nitrogens with zero attached hydrogens (tertiary/aromatic N) is 2. The van der Waals surface area contributed by atoms with Crippen molar-refractivity contribution in [2.45, 2.75) is 19.4 Å². The van der Waals surface area contributed by atoms with Crippen LogP contribution >= 0.6 is 11.6 Å². The van der Waals surface area contributed by atoms with E-state index in [4.69, 9.17) is 11.6 Å². The Labute approximate surface area is 129 Å². The van der Waals surface area contributed by atoms with Crippen LogP contribution < -0.4 is 10.6 Å². The standard InChI is InChI=1S/C15H19ClN4O/c1-3-11(17-2)9-19-14-6-7-18-15(20-14)12-8-10(16)4-5-13(12)21/h4-8,11,17,21H,3,9H2,1-2H3,(H,18,19,20). The van der Waals surface area contributed by atoms with E-state index in [9.17, 15) is 5.11 Å². The number of aromatic hydroxyl groups is 1. The fourth-order valence-electron chi connectivity index (χ4n) is 1.95. The average Bonchev–Trinajstić information content (AvgIpc) is 2.51. The highest BCUT2D eigenvalue weighted by molar-refractivity contribution is 6.30. The van der Waals surface area contributed by atoms with Gasteiger partial charge in [-0.25, -0.2) is 9.97 Å². The Balaban J connectivity index is 2.19.